The Morgan fingerprint density at radius 3 is 2.69 bits per heavy atom. The van der Waals surface area contributed by atoms with E-state index in [1.54, 1.807) is 0 Å². The summed E-state index contributed by atoms with van der Waals surface area (Å²) in [5, 5.41) is 29.7. The van der Waals surface area contributed by atoms with Crippen molar-refractivity contribution >= 4 is 39.4 Å². The number of hydrogen-bond acceptors (Lipinski definition) is 11. The third-order valence-electron chi connectivity index (χ3n) is 23.3. The number of hydrogen-bond donors (Lipinski definition) is 4. The van der Waals surface area contributed by atoms with Gasteiger partial charge in [0.05, 0.1) is 18.1 Å². The predicted molar refractivity (Wildman–Crippen MR) is 296 cm³/mol. The molecule has 12 heteroatoms. The minimum atomic E-state index is -0.804. The lowest BCUT2D eigenvalue weighted by molar-refractivity contribution is -0.171. The molecule has 5 N–H and O–H groups in total. The summed E-state index contributed by atoms with van der Waals surface area (Å²) in [5.74, 6) is 11.9. The van der Waals surface area contributed by atoms with Gasteiger partial charge in [0.15, 0.2) is 17.5 Å². The summed E-state index contributed by atoms with van der Waals surface area (Å²) < 4.78 is 13.8. The first-order valence-electron chi connectivity index (χ1n) is 29.7. The fourth-order valence-corrected chi connectivity index (χ4v) is 23.8. The molecule has 1 amide bonds. The molecular formula is C63H80N4O6S2. The standard InChI is InChI=1S/C63H80N4O6S2/c1-39(68)72-60-27-17-44-31-46(55(71)56-54(44)45-18-29-62(73-56)23-6-11-47(62)32-45)36-67-38-61(35-53(67)70)50(41-9-3-2-4-10-41)20-26-59(61)21-5-8-40-16-25-58(33-40)22-7-24-63(58,66-57(64)65-37-59)75-74-52-15-13-42-30-43(52)12-14-48(42)49(19-28-60)51(69)34-60/h2-4,9-10,13,15,31,40,42-43,45,47-52,69,71H,6-8,11-12,14,16-20,22-30,32-38H2,1H3,(H3,64,65,66)/t40-,42-,43-,45+,47-,48+,49+,50-,51+,52-,58-,59+,60-,61+,62-,63+/m0/s1. The zero-order chi connectivity index (χ0) is 51.0. The number of aromatic hydroxyl groups is 1. The molecule has 8 aliphatic carbocycles. The highest BCUT2D eigenvalue weighted by molar-refractivity contribution is 8.77. The number of nitrogens with zero attached hydrogens (tertiary/aromatic N) is 2. The van der Waals surface area contributed by atoms with Crippen molar-refractivity contribution in [2.24, 2.45) is 62.5 Å². The second kappa shape index (κ2) is 18.4. The van der Waals surface area contributed by atoms with Gasteiger partial charge in [-0.25, -0.2) is 0 Å². The number of amides is 1. The molecular weight excluding hydrogens is 973 g/mol. The van der Waals surface area contributed by atoms with Crippen LogP contribution in [-0.4, -0.2) is 73.5 Å². The Morgan fingerprint density at radius 1 is 0.933 bits per heavy atom. The second-order valence-electron chi connectivity index (χ2n) is 26.8. The maximum absolute atomic E-state index is 15.3. The number of carbonyl (C=O) groups excluding carboxylic acids is 2. The average Bonchev–Trinajstić information content (AvgIpc) is 4.25. The summed E-state index contributed by atoms with van der Waals surface area (Å²) in [6.07, 6.45) is 27.2. The molecule has 8 fully saturated rings. The van der Waals surface area contributed by atoms with Crippen molar-refractivity contribution in [2.45, 2.75) is 207 Å². The molecule has 18 rings (SSSR count). The summed E-state index contributed by atoms with van der Waals surface area (Å²) in [6.45, 7) is 2.70. The van der Waals surface area contributed by atoms with E-state index in [4.69, 9.17) is 20.2 Å². The van der Waals surface area contributed by atoms with Crippen LogP contribution in [-0.2, 0) is 27.3 Å². The Bertz CT molecular complexity index is 2760. The molecule has 16 bridgehead atoms. The molecule has 75 heavy (non-hydrogen) atoms. The molecule has 2 aromatic carbocycles. The number of allylic oxidation sites excluding steroid dienone is 1. The number of fused-ring (bicyclic) bond motifs is 3. The van der Waals surface area contributed by atoms with E-state index in [9.17, 15) is 15.0 Å². The van der Waals surface area contributed by atoms with Gasteiger partial charge < -0.3 is 35.6 Å². The van der Waals surface area contributed by atoms with Crippen LogP contribution in [0.2, 0.25) is 0 Å². The van der Waals surface area contributed by atoms with E-state index in [2.05, 4.69) is 87.3 Å². The van der Waals surface area contributed by atoms with Crippen LogP contribution in [0, 0.1) is 63.6 Å². The van der Waals surface area contributed by atoms with E-state index in [1.807, 2.05) is 4.90 Å². The Labute approximate surface area is 453 Å². The Kier molecular flexibility index (Phi) is 12.1. The number of aryl methyl sites for hydroxylation is 1. The number of benzene rings is 2. The van der Waals surface area contributed by atoms with Crippen molar-refractivity contribution in [3.05, 3.63) is 70.8 Å². The number of phenolic OH excluding ortho intramolecular Hbond substituents is 1. The third kappa shape index (κ3) is 7.91. The van der Waals surface area contributed by atoms with Crippen LogP contribution in [0.15, 0.2) is 53.5 Å². The number of nitrogens with one attached hydrogen (secondary N) is 1. The van der Waals surface area contributed by atoms with E-state index in [0.717, 1.165) is 114 Å². The molecule has 400 valence electrons. The first-order chi connectivity index (χ1) is 36.3. The molecule has 7 saturated carbocycles. The Hall–Kier alpha value is -3.79. The number of ether oxygens (including phenoxy) is 2. The minimum Gasteiger partial charge on any atom is -0.504 e. The minimum absolute atomic E-state index is 0.0769. The van der Waals surface area contributed by atoms with Crippen molar-refractivity contribution < 1.29 is 29.3 Å². The molecule has 5 spiro atoms. The molecule has 8 aliphatic heterocycles. The van der Waals surface area contributed by atoms with Crippen molar-refractivity contribution in [1.82, 2.24) is 10.2 Å². The van der Waals surface area contributed by atoms with Crippen LogP contribution in [0.3, 0.4) is 0 Å². The van der Waals surface area contributed by atoms with Gasteiger partial charge in [0, 0.05) is 66.5 Å². The lowest BCUT2D eigenvalue weighted by atomic mass is 9.60. The molecule has 0 radical (unpaired) electrons. The number of aliphatic hydroxyl groups excluding tert-OH is 1. The van der Waals surface area contributed by atoms with Crippen LogP contribution in [0.25, 0.3) is 0 Å². The van der Waals surface area contributed by atoms with Crippen LogP contribution in [0.4, 0.5) is 0 Å². The lowest BCUT2D eigenvalue weighted by Gasteiger charge is -2.50. The van der Waals surface area contributed by atoms with Crippen molar-refractivity contribution in [3.63, 3.8) is 0 Å². The van der Waals surface area contributed by atoms with Crippen molar-refractivity contribution in [2.75, 3.05) is 13.1 Å². The van der Waals surface area contributed by atoms with Gasteiger partial charge in [-0.05, 0) is 199 Å². The lowest BCUT2D eigenvalue weighted by Crippen LogP contribution is -2.56. The normalized spacial score (nSPS) is 44.4. The number of rotatable bonds is 2. The average molecular weight is 1050 g/mol. The fourth-order valence-electron chi connectivity index (χ4n) is 19.7. The van der Waals surface area contributed by atoms with Crippen LogP contribution in [0.5, 0.6) is 11.5 Å². The number of esters is 1. The summed E-state index contributed by atoms with van der Waals surface area (Å²) in [6, 6.07) is 13.0. The highest BCUT2D eigenvalue weighted by Crippen LogP contribution is 2.68. The highest BCUT2D eigenvalue weighted by atomic mass is 33.1. The predicted octanol–water partition coefficient (Wildman–Crippen LogP) is 11.6. The van der Waals surface area contributed by atoms with E-state index < -0.39 is 22.5 Å². The van der Waals surface area contributed by atoms with Gasteiger partial charge in [0.1, 0.15) is 16.1 Å². The molecule has 16 aliphatic rings. The summed E-state index contributed by atoms with van der Waals surface area (Å²) >= 11 is 0. The van der Waals surface area contributed by atoms with E-state index in [-0.39, 0.29) is 57.8 Å². The van der Waals surface area contributed by atoms with E-state index >= 15 is 4.79 Å². The topological polar surface area (TPSA) is 147 Å². The van der Waals surface area contributed by atoms with E-state index in [0.29, 0.717) is 90.9 Å². The number of aliphatic imine (C=N–C) groups is 1. The number of carbonyl (C=O) groups is 2. The first-order valence-corrected chi connectivity index (χ1v) is 31.9. The van der Waals surface area contributed by atoms with Gasteiger partial charge in [0.2, 0.25) is 5.91 Å². The maximum atomic E-state index is 15.3. The van der Waals surface area contributed by atoms with Gasteiger partial charge in [0.25, 0.3) is 0 Å². The first kappa shape index (κ1) is 49.5. The number of phenols is 1. The van der Waals surface area contributed by atoms with Gasteiger partial charge >= 0.3 is 5.97 Å². The van der Waals surface area contributed by atoms with Crippen molar-refractivity contribution in [3.8, 4) is 23.3 Å². The molecule has 10 nitrogen and oxygen atoms in total. The second-order valence-corrected chi connectivity index (χ2v) is 29.4. The van der Waals surface area contributed by atoms with Gasteiger partial charge in [-0.15, -0.1) is 5.92 Å². The highest BCUT2D eigenvalue weighted by Gasteiger charge is 2.65. The monoisotopic (exact) mass is 1050 g/mol. The van der Waals surface area contributed by atoms with Crippen LogP contribution in [0.1, 0.15) is 189 Å². The number of aliphatic hydroxyl groups is 1. The van der Waals surface area contributed by atoms with Crippen molar-refractivity contribution in [1.29, 1.82) is 0 Å². The van der Waals surface area contributed by atoms with E-state index in [1.165, 1.54) is 38.2 Å². The molecule has 0 aromatic heterocycles. The SMILES string of the molecule is CC(=O)O[C@@]12CCc3cc(c(O)c4c3[C@@H]3CC[C@]5(CCC[C@H]5C3)O4)CN3C[C@]4(CC3=O)[C@H](c3ccccc3)CC[C@@]43C#CC[C@H]4CC[C@@]5(CCC[C@@]5(NC(N)=NC3)SS[C@H]3C=C[C@H]5C[C@@H]3CC[C@H]5[C@@H](CC1)[C@H](O)C2)C4. The van der Waals surface area contributed by atoms with Gasteiger partial charge in [-0.2, -0.15) is 0 Å². The number of guanidine groups is 1. The van der Waals surface area contributed by atoms with Gasteiger partial charge in [-0.3, -0.25) is 14.6 Å². The summed E-state index contributed by atoms with van der Waals surface area (Å²) in [4.78, 5) is 35.7. The molecule has 2 aromatic rings. The number of nitrogens with two attached hydrogens (primary N) is 1. The molecule has 1 saturated heterocycles. The maximum Gasteiger partial charge on any atom is 0.303 e. The van der Waals surface area contributed by atoms with Crippen LogP contribution >= 0.6 is 21.6 Å². The molecule has 0 unspecified atom stereocenters. The quantitative estimate of drug-likeness (QED) is 0.0992. The summed E-state index contributed by atoms with van der Waals surface area (Å²) in [5.41, 5.74) is 9.37. The largest absolute Gasteiger partial charge is 0.504 e. The zero-order valence-corrected chi connectivity index (χ0v) is 45.9. The zero-order valence-electron chi connectivity index (χ0n) is 44.3. The fraction of sp³-hybridized carbons (Fsp3) is 0.698. The smallest absolute Gasteiger partial charge is 0.303 e. The summed E-state index contributed by atoms with van der Waals surface area (Å²) in [7, 11) is 4.14. The Morgan fingerprint density at radius 2 is 1.83 bits per heavy atom. The Balaban J connectivity index is 0.900. The molecule has 16 atom stereocenters. The molecule has 8 heterocycles. The van der Waals surface area contributed by atoms with Gasteiger partial charge in [-0.1, -0.05) is 70.0 Å². The van der Waals surface area contributed by atoms with Crippen LogP contribution < -0.4 is 15.8 Å². The third-order valence-corrected chi connectivity index (χ3v) is 27.0.